The van der Waals surface area contributed by atoms with E-state index in [2.05, 4.69) is 0 Å². The van der Waals surface area contributed by atoms with E-state index in [-0.39, 0.29) is 25.1 Å². The number of hydrogen-bond donors (Lipinski definition) is 2. The van der Waals surface area contributed by atoms with Gasteiger partial charge >= 0.3 is 0 Å². The molecule has 0 bridgehead atoms. The number of aliphatic hydroxyl groups is 1. The average Bonchev–Trinajstić information content (AvgIpc) is 2.39. The largest absolute Gasteiger partial charge is 0.457 e. The van der Waals surface area contributed by atoms with Crippen molar-refractivity contribution in [1.82, 2.24) is 0 Å². The van der Waals surface area contributed by atoms with Crippen LogP contribution >= 0.6 is 12.4 Å². The van der Waals surface area contributed by atoms with Gasteiger partial charge in [0.1, 0.15) is 11.5 Å². The molecule has 0 saturated carbocycles. The molecule has 2 aromatic rings. The summed E-state index contributed by atoms with van der Waals surface area (Å²) in [6.07, 6.45) is 0. The number of nitrogens with two attached hydrogens (primary N) is 1. The third kappa shape index (κ3) is 3.74. The molecular formula is C14H16ClNO2. The van der Waals surface area contributed by atoms with Gasteiger partial charge in [0, 0.05) is 0 Å². The Kier molecular flexibility index (Phi) is 5.65. The number of aliphatic hydroxyl groups excluding tert-OH is 1. The molecule has 0 aliphatic carbocycles. The number of para-hydroxylation sites is 1. The molecule has 0 aliphatic heterocycles. The number of halogens is 1. The first-order valence-corrected chi connectivity index (χ1v) is 5.49. The lowest BCUT2D eigenvalue weighted by Gasteiger charge is -2.11. The van der Waals surface area contributed by atoms with Crippen molar-refractivity contribution < 1.29 is 9.84 Å². The maximum absolute atomic E-state index is 9.00. The maximum atomic E-state index is 9.00. The fraction of sp³-hybridized carbons (Fsp3) is 0.143. The molecule has 2 aromatic carbocycles. The normalized spacial score (nSPS) is 11.4. The van der Waals surface area contributed by atoms with E-state index in [4.69, 9.17) is 15.6 Å². The van der Waals surface area contributed by atoms with Gasteiger partial charge in [-0.3, -0.25) is 0 Å². The lowest BCUT2D eigenvalue weighted by molar-refractivity contribution is 0.268. The topological polar surface area (TPSA) is 55.5 Å². The van der Waals surface area contributed by atoms with Crippen LogP contribution in [0.5, 0.6) is 11.5 Å². The minimum absolute atomic E-state index is 0. The third-order valence-electron chi connectivity index (χ3n) is 2.46. The van der Waals surface area contributed by atoms with Crippen LogP contribution in [-0.2, 0) is 0 Å². The van der Waals surface area contributed by atoms with Crippen LogP contribution in [0.25, 0.3) is 0 Å². The van der Waals surface area contributed by atoms with Crippen LogP contribution in [0.2, 0.25) is 0 Å². The van der Waals surface area contributed by atoms with E-state index in [0.29, 0.717) is 0 Å². The van der Waals surface area contributed by atoms with Crippen molar-refractivity contribution in [3.63, 3.8) is 0 Å². The van der Waals surface area contributed by atoms with Crippen LogP contribution in [0.15, 0.2) is 54.6 Å². The second-order valence-electron chi connectivity index (χ2n) is 3.78. The first-order valence-electron chi connectivity index (χ1n) is 5.49. The van der Waals surface area contributed by atoms with E-state index >= 15 is 0 Å². The zero-order valence-electron chi connectivity index (χ0n) is 9.82. The van der Waals surface area contributed by atoms with Crippen molar-refractivity contribution >= 4 is 12.4 Å². The zero-order valence-corrected chi connectivity index (χ0v) is 10.6. The van der Waals surface area contributed by atoms with Gasteiger partial charge in [-0.25, -0.2) is 0 Å². The molecule has 0 radical (unpaired) electrons. The van der Waals surface area contributed by atoms with Crippen molar-refractivity contribution in [1.29, 1.82) is 0 Å². The Bertz CT molecular complexity index is 476. The molecule has 0 spiro atoms. The number of benzene rings is 2. The average molecular weight is 266 g/mol. The Morgan fingerprint density at radius 2 is 1.67 bits per heavy atom. The Balaban J connectivity index is 0.00000162. The smallest absolute Gasteiger partial charge is 0.127 e. The third-order valence-corrected chi connectivity index (χ3v) is 2.46. The molecule has 0 aliphatic rings. The van der Waals surface area contributed by atoms with E-state index in [0.717, 1.165) is 17.1 Å². The number of rotatable bonds is 4. The highest BCUT2D eigenvalue weighted by molar-refractivity contribution is 5.85. The van der Waals surface area contributed by atoms with E-state index < -0.39 is 0 Å². The van der Waals surface area contributed by atoms with Crippen molar-refractivity contribution in [2.75, 3.05) is 6.61 Å². The summed E-state index contributed by atoms with van der Waals surface area (Å²) in [5.41, 5.74) is 6.61. The van der Waals surface area contributed by atoms with Crippen molar-refractivity contribution in [2.45, 2.75) is 6.04 Å². The van der Waals surface area contributed by atoms with Gasteiger partial charge in [0.2, 0.25) is 0 Å². The maximum Gasteiger partial charge on any atom is 0.127 e. The molecule has 1 atom stereocenters. The predicted octanol–water partition coefficient (Wildman–Crippen LogP) is 2.89. The summed E-state index contributed by atoms with van der Waals surface area (Å²) in [5.74, 6) is 1.50. The molecule has 18 heavy (non-hydrogen) atoms. The van der Waals surface area contributed by atoms with E-state index in [1.165, 1.54) is 0 Å². The molecule has 2 rings (SSSR count). The lowest BCUT2D eigenvalue weighted by atomic mass is 10.1. The van der Waals surface area contributed by atoms with Gasteiger partial charge in [-0.1, -0.05) is 30.3 Å². The van der Waals surface area contributed by atoms with E-state index in [1.807, 2.05) is 54.6 Å². The highest BCUT2D eigenvalue weighted by Gasteiger charge is 2.05. The Labute approximate surface area is 113 Å². The molecule has 4 heteroatoms. The van der Waals surface area contributed by atoms with Crippen LogP contribution in [0.3, 0.4) is 0 Å². The van der Waals surface area contributed by atoms with E-state index in [9.17, 15) is 0 Å². The molecule has 0 amide bonds. The quantitative estimate of drug-likeness (QED) is 0.894. The first kappa shape index (κ1) is 14.5. The zero-order chi connectivity index (χ0) is 12.1. The Morgan fingerprint density at radius 3 is 2.33 bits per heavy atom. The van der Waals surface area contributed by atoms with Crippen molar-refractivity contribution in [3.05, 3.63) is 60.2 Å². The second kappa shape index (κ2) is 7.01. The van der Waals surface area contributed by atoms with Gasteiger partial charge in [0.05, 0.1) is 12.6 Å². The SMILES string of the molecule is Cl.N[C@H](CO)c1cccc(Oc2ccccc2)c1. The fourth-order valence-corrected chi connectivity index (χ4v) is 1.54. The van der Waals surface area contributed by atoms with Crippen molar-refractivity contribution in [3.8, 4) is 11.5 Å². The molecule has 0 unspecified atom stereocenters. The van der Waals surface area contributed by atoms with Crippen LogP contribution in [0, 0.1) is 0 Å². The summed E-state index contributed by atoms with van der Waals surface area (Å²) >= 11 is 0. The van der Waals surface area contributed by atoms with Gasteiger partial charge in [-0.15, -0.1) is 12.4 Å². The number of hydrogen-bond acceptors (Lipinski definition) is 3. The minimum atomic E-state index is -0.366. The highest BCUT2D eigenvalue weighted by Crippen LogP contribution is 2.23. The summed E-state index contributed by atoms with van der Waals surface area (Å²) in [7, 11) is 0. The standard InChI is InChI=1S/C14H15NO2.ClH/c15-14(10-16)11-5-4-8-13(9-11)17-12-6-2-1-3-7-12;/h1-9,14,16H,10,15H2;1H/t14-;/m1./s1. The highest BCUT2D eigenvalue weighted by atomic mass is 35.5. The van der Waals surface area contributed by atoms with Gasteiger partial charge in [-0.2, -0.15) is 0 Å². The van der Waals surface area contributed by atoms with Gasteiger partial charge in [0.15, 0.2) is 0 Å². The van der Waals surface area contributed by atoms with Crippen LogP contribution in [-0.4, -0.2) is 11.7 Å². The first-order chi connectivity index (χ1) is 8.29. The monoisotopic (exact) mass is 265 g/mol. The second-order valence-corrected chi connectivity index (χ2v) is 3.78. The molecule has 0 heterocycles. The summed E-state index contributed by atoms with van der Waals surface area (Å²) in [4.78, 5) is 0. The molecule has 3 nitrogen and oxygen atoms in total. The fourth-order valence-electron chi connectivity index (χ4n) is 1.54. The van der Waals surface area contributed by atoms with E-state index in [1.54, 1.807) is 0 Å². The molecule has 0 fully saturated rings. The molecule has 0 aromatic heterocycles. The van der Waals surface area contributed by atoms with Crippen LogP contribution in [0.4, 0.5) is 0 Å². The van der Waals surface area contributed by atoms with Crippen molar-refractivity contribution in [2.24, 2.45) is 5.73 Å². The Morgan fingerprint density at radius 1 is 1.00 bits per heavy atom. The summed E-state index contributed by atoms with van der Waals surface area (Å²) < 4.78 is 5.68. The van der Waals surface area contributed by atoms with Gasteiger partial charge in [-0.05, 0) is 29.8 Å². The Hall–Kier alpha value is -1.55. The number of ether oxygens (including phenoxy) is 1. The minimum Gasteiger partial charge on any atom is -0.457 e. The summed E-state index contributed by atoms with van der Waals surface area (Å²) in [6, 6.07) is 16.6. The lowest BCUT2D eigenvalue weighted by Crippen LogP contribution is -2.14. The molecule has 0 saturated heterocycles. The predicted molar refractivity (Wildman–Crippen MR) is 74.2 cm³/mol. The summed E-state index contributed by atoms with van der Waals surface area (Å²) in [5, 5.41) is 9.00. The molecule has 3 N–H and O–H groups in total. The van der Waals surface area contributed by atoms with Crippen LogP contribution in [0.1, 0.15) is 11.6 Å². The van der Waals surface area contributed by atoms with Gasteiger partial charge in [0.25, 0.3) is 0 Å². The molecular weight excluding hydrogens is 250 g/mol. The summed E-state index contributed by atoms with van der Waals surface area (Å²) in [6.45, 7) is -0.0746. The molecule has 96 valence electrons. The van der Waals surface area contributed by atoms with Crippen LogP contribution < -0.4 is 10.5 Å². The van der Waals surface area contributed by atoms with Gasteiger partial charge < -0.3 is 15.6 Å².